The van der Waals surface area contributed by atoms with Crippen molar-refractivity contribution in [3.8, 4) is 0 Å². The van der Waals surface area contributed by atoms with E-state index in [9.17, 15) is 4.79 Å². The van der Waals surface area contributed by atoms with Crippen LogP contribution in [0.15, 0.2) is 0 Å². The quantitative estimate of drug-likeness (QED) is 0.590. The highest BCUT2D eigenvalue weighted by Gasteiger charge is 2.57. The number of hydrogen-bond acceptors (Lipinski definition) is 2. The van der Waals surface area contributed by atoms with E-state index in [0.717, 1.165) is 12.8 Å². The van der Waals surface area contributed by atoms with Gasteiger partial charge in [0.15, 0.2) is 0 Å². The molecule has 1 amide bonds. The van der Waals surface area contributed by atoms with Crippen LogP contribution in [0, 0.1) is 5.92 Å². The fourth-order valence-electron chi connectivity index (χ4n) is 1.29. The van der Waals surface area contributed by atoms with Gasteiger partial charge in [0.25, 0.3) is 0 Å². The Bertz CT molecular complexity index is 162. The molecule has 1 fully saturated rings. The number of halogens is 1. The van der Waals surface area contributed by atoms with Gasteiger partial charge in [-0.1, -0.05) is 13.3 Å². The lowest BCUT2D eigenvalue weighted by molar-refractivity contribution is -0.120. The molecule has 10 heavy (non-hydrogen) atoms. The minimum Gasteiger partial charge on any atom is -0.368 e. The van der Waals surface area contributed by atoms with Crippen molar-refractivity contribution >= 4 is 17.7 Å². The molecule has 1 aliphatic rings. The van der Waals surface area contributed by atoms with E-state index < -0.39 is 5.54 Å². The van der Waals surface area contributed by atoms with Gasteiger partial charge >= 0.3 is 0 Å². The van der Waals surface area contributed by atoms with Crippen LogP contribution in [-0.2, 0) is 4.79 Å². The predicted octanol–water partition coefficient (Wildman–Crippen LogP) is 0.384. The smallest absolute Gasteiger partial charge is 0.239 e. The summed E-state index contributed by atoms with van der Waals surface area (Å²) in [7, 11) is 0. The van der Waals surface area contributed by atoms with Crippen LogP contribution < -0.4 is 10.6 Å². The largest absolute Gasteiger partial charge is 0.368 e. The molecule has 1 rings (SSSR count). The zero-order chi connectivity index (χ0) is 7.78. The Labute approximate surface area is 65.0 Å². The monoisotopic (exact) mass is 162 g/mol. The highest BCUT2D eigenvalue weighted by atomic mass is 35.5. The number of nitrogens with two attached hydrogens (primary N) is 1. The second-order valence-corrected chi connectivity index (χ2v) is 2.93. The average molecular weight is 163 g/mol. The lowest BCUT2D eigenvalue weighted by atomic mass is 10.2. The van der Waals surface area contributed by atoms with Gasteiger partial charge in [-0.25, -0.2) is 4.84 Å². The number of amides is 1. The maximum Gasteiger partial charge on any atom is 0.239 e. The van der Waals surface area contributed by atoms with Crippen molar-refractivity contribution in [1.82, 2.24) is 4.84 Å². The predicted molar refractivity (Wildman–Crippen MR) is 39.3 cm³/mol. The Morgan fingerprint density at radius 3 is 2.70 bits per heavy atom. The highest BCUT2D eigenvalue weighted by Crippen LogP contribution is 2.45. The van der Waals surface area contributed by atoms with Gasteiger partial charge in [-0.15, -0.1) is 0 Å². The van der Waals surface area contributed by atoms with Crippen LogP contribution in [0.1, 0.15) is 19.8 Å². The molecular weight excluding hydrogens is 152 g/mol. The zero-order valence-corrected chi connectivity index (χ0v) is 6.61. The van der Waals surface area contributed by atoms with E-state index in [1.165, 1.54) is 0 Å². The van der Waals surface area contributed by atoms with E-state index in [1.54, 1.807) is 0 Å². The molecular formula is C6H11ClN2O. The summed E-state index contributed by atoms with van der Waals surface area (Å²) in [4.78, 5) is 13.2. The molecule has 0 spiro atoms. The van der Waals surface area contributed by atoms with Crippen molar-refractivity contribution in [2.45, 2.75) is 25.3 Å². The van der Waals surface area contributed by atoms with Crippen LogP contribution in [-0.4, -0.2) is 11.4 Å². The van der Waals surface area contributed by atoms with Crippen molar-refractivity contribution in [1.29, 1.82) is 0 Å². The highest BCUT2D eigenvalue weighted by molar-refractivity contribution is 6.16. The zero-order valence-electron chi connectivity index (χ0n) is 5.86. The summed E-state index contributed by atoms with van der Waals surface area (Å²) in [5.74, 6) is -0.00292. The van der Waals surface area contributed by atoms with Crippen LogP contribution in [0.4, 0.5) is 0 Å². The first-order chi connectivity index (χ1) is 4.67. The summed E-state index contributed by atoms with van der Waals surface area (Å²) in [6, 6.07) is 0. The van der Waals surface area contributed by atoms with Crippen LogP contribution in [0.25, 0.3) is 0 Å². The van der Waals surface area contributed by atoms with Gasteiger partial charge in [0.2, 0.25) is 5.91 Å². The second-order valence-electron chi connectivity index (χ2n) is 2.74. The normalized spacial score (nSPS) is 37.6. The Hall–Kier alpha value is -0.280. The molecule has 0 heterocycles. The van der Waals surface area contributed by atoms with Crippen molar-refractivity contribution in [2.24, 2.45) is 11.7 Å². The second kappa shape index (κ2) is 2.40. The van der Waals surface area contributed by atoms with Crippen LogP contribution in [0.2, 0.25) is 0 Å². The van der Waals surface area contributed by atoms with Crippen LogP contribution in [0.5, 0.6) is 0 Å². The molecule has 0 radical (unpaired) electrons. The van der Waals surface area contributed by atoms with E-state index >= 15 is 0 Å². The van der Waals surface area contributed by atoms with Gasteiger partial charge in [-0.2, -0.15) is 0 Å². The first-order valence-corrected chi connectivity index (χ1v) is 3.73. The van der Waals surface area contributed by atoms with Gasteiger partial charge in [0.05, 0.1) is 0 Å². The molecule has 4 heteroatoms. The Morgan fingerprint density at radius 2 is 2.60 bits per heavy atom. The molecule has 1 unspecified atom stereocenters. The Balaban J connectivity index is 2.59. The molecule has 3 nitrogen and oxygen atoms in total. The van der Waals surface area contributed by atoms with E-state index in [1.807, 2.05) is 6.92 Å². The van der Waals surface area contributed by atoms with Crippen LogP contribution >= 0.6 is 11.8 Å². The summed E-state index contributed by atoms with van der Waals surface area (Å²) in [5.41, 5.74) is 4.54. The molecule has 2 atom stereocenters. The van der Waals surface area contributed by atoms with Gasteiger partial charge in [-0.05, 0) is 24.1 Å². The lowest BCUT2D eigenvalue weighted by Gasteiger charge is -2.07. The van der Waals surface area contributed by atoms with E-state index in [-0.39, 0.29) is 5.91 Å². The first-order valence-electron chi connectivity index (χ1n) is 3.35. The minimum atomic E-state index is -0.587. The third-order valence-corrected chi connectivity index (χ3v) is 2.54. The van der Waals surface area contributed by atoms with Crippen molar-refractivity contribution < 1.29 is 4.79 Å². The Kier molecular flexibility index (Phi) is 1.88. The Morgan fingerprint density at radius 1 is 2.00 bits per heavy atom. The third kappa shape index (κ3) is 0.896. The van der Waals surface area contributed by atoms with E-state index in [0.29, 0.717) is 5.92 Å². The summed E-state index contributed by atoms with van der Waals surface area (Å²) in [6.07, 6.45) is 1.73. The van der Waals surface area contributed by atoms with E-state index in [2.05, 4.69) is 4.84 Å². The molecule has 0 bridgehead atoms. The third-order valence-electron chi connectivity index (χ3n) is 2.21. The van der Waals surface area contributed by atoms with Gasteiger partial charge in [0, 0.05) is 0 Å². The number of primary amides is 1. The number of rotatable bonds is 3. The SMILES string of the molecule is CCC1C[C@]1(NCl)C(N)=O. The summed E-state index contributed by atoms with van der Waals surface area (Å²) in [5, 5.41) is 0. The molecule has 0 aromatic rings. The van der Waals surface area contributed by atoms with Gasteiger partial charge in [-0.3, -0.25) is 4.79 Å². The maximum atomic E-state index is 10.8. The van der Waals surface area contributed by atoms with Crippen molar-refractivity contribution in [2.75, 3.05) is 0 Å². The number of carbonyl (C=O) groups is 1. The molecule has 0 aliphatic heterocycles. The summed E-state index contributed by atoms with van der Waals surface area (Å²) < 4.78 is 0. The molecule has 0 aromatic carbocycles. The number of hydrogen-bond donors (Lipinski definition) is 2. The standard InChI is InChI=1S/C6H11ClN2O/c1-2-4-3-6(4,9-7)5(8)10/h4,9H,2-3H2,1H3,(H2,8,10)/t4?,6-/m1/s1. The van der Waals surface area contributed by atoms with E-state index in [4.69, 9.17) is 17.5 Å². The van der Waals surface area contributed by atoms with Gasteiger partial charge in [0.1, 0.15) is 5.54 Å². The minimum absolute atomic E-state index is 0.336. The lowest BCUT2D eigenvalue weighted by Crippen LogP contribution is -2.41. The van der Waals surface area contributed by atoms with Crippen LogP contribution in [0.3, 0.4) is 0 Å². The van der Waals surface area contributed by atoms with Crippen molar-refractivity contribution in [3.05, 3.63) is 0 Å². The van der Waals surface area contributed by atoms with Crippen molar-refractivity contribution in [3.63, 3.8) is 0 Å². The fraction of sp³-hybridized carbons (Fsp3) is 0.833. The maximum absolute atomic E-state index is 10.8. The first kappa shape index (κ1) is 7.82. The summed E-state index contributed by atoms with van der Waals surface area (Å²) >= 11 is 5.37. The topological polar surface area (TPSA) is 55.1 Å². The molecule has 1 saturated carbocycles. The number of nitrogens with one attached hydrogen (secondary N) is 1. The molecule has 58 valence electrons. The molecule has 0 saturated heterocycles. The van der Waals surface area contributed by atoms with Gasteiger partial charge < -0.3 is 5.73 Å². The molecule has 0 aromatic heterocycles. The molecule has 1 aliphatic carbocycles. The average Bonchev–Trinajstić information content (AvgIpc) is 2.62. The molecule has 3 N–H and O–H groups in total. The summed E-state index contributed by atoms with van der Waals surface area (Å²) in [6.45, 7) is 2.02. The number of carbonyl (C=O) groups excluding carboxylic acids is 1. The fourth-order valence-corrected chi connectivity index (χ4v) is 1.61.